The maximum Gasteiger partial charge on any atom is 0.269 e. The summed E-state index contributed by atoms with van der Waals surface area (Å²) in [6.07, 6.45) is 4.86. The molecule has 4 rings (SSSR count). The van der Waals surface area contributed by atoms with Crippen molar-refractivity contribution in [1.29, 1.82) is 0 Å². The summed E-state index contributed by atoms with van der Waals surface area (Å²) < 4.78 is 1.90. The molecule has 0 fully saturated rings. The normalized spacial score (nSPS) is 16.6. The van der Waals surface area contributed by atoms with E-state index in [2.05, 4.69) is 20.6 Å². The first-order valence-corrected chi connectivity index (χ1v) is 8.15. The van der Waals surface area contributed by atoms with Crippen LogP contribution in [0.3, 0.4) is 0 Å². The number of aryl methyl sites for hydroxylation is 1. The Bertz CT molecular complexity index is 865. The van der Waals surface area contributed by atoms with Gasteiger partial charge in [-0.2, -0.15) is 10.2 Å². The van der Waals surface area contributed by atoms with Crippen LogP contribution in [0.25, 0.3) is 11.3 Å². The van der Waals surface area contributed by atoms with Crippen molar-refractivity contribution in [2.24, 2.45) is 7.05 Å². The van der Waals surface area contributed by atoms with Crippen LogP contribution in [-0.4, -0.2) is 25.9 Å². The van der Waals surface area contributed by atoms with Gasteiger partial charge in [-0.05, 0) is 25.3 Å². The number of nitrogens with one attached hydrogen (secondary N) is 2. The van der Waals surface area contributed by atoms with Crippen LogP contribution in [0.15, 0.2) is 42.6 Å². The van der Waals surface area contributed by atoms with Gasteiger partial charge in [0.15, 0.2) is 0 Å². The second kappa shape index (κ2) is 5.96. The summed E-state index contributed by atoms with van der Waals surface area (Å²) in [5.41, 5.74) is 4.57. The third-order valence-electron chi connectivity index (χ3n) is 4.57. The SMILES string of the molecule is Cn1ncc2c1CCCC2NC(=O)c1cc(-c2ccccc2)n[nH]1. The minimum Gasteiger partial charge on any atom is -0.344 e. The van der Waals surface area contributed by atoms with Crippen molar-refractivity contribution in [3.8, 4) is 11.3 Å². The fraction of sp³-hybridized carbons (Fsp3) is 0.278. The van der Waals surface area contributed by atoms with E-state index in [-0.39, 0.29) is 11.9 Å². The average Bonchev–Trinajstić information content (AvgIpc) is 3.24. The van der Waals surface area contributed by atoms with Gasteiger partial charge in [0, 0.05) is 23.9 Å². The largest absolute Gasteiger partial charge is 0.344 e. The van der Waals surface area contributed by atoms with Gasteiger partial charge in [0.05, 0.1) is 17.9 Å². The first-order chi connectivity index (χ1) is 11.7. The highest BCUT2D eigenvalue weighted by Gasteiger charge is 2.25. The summed E-state index contributed by atoms with van der Waals surface area (Å²) in [6.45, 7) is 0. The lowest BCUT2D eigenvalue weighted by Gasteiger charge is -2.23. The third kappa shape index (κ3) is 2.60. The van der Waals surface area contributed by atoms with Gasteiger partial charge in [-0.25, -0.2) is 0 Å². The quantitative estimate of drug-likeness (QED) is 0.778. The zero-order valence-electron chi connectivity index (χ0n) is 13.5. The number of carbonyl (C=O) groups is 1. The fourth-order valence-corrected chi connectivity index (χ4v) is 3.29. The minimum atomic E-state index is -0.133. The van der Waals surface area contributed by atoms with E-state index in [1.807, 2.05) is 48.3 Å². The Morgan fingerprint density at radius 2 is 2.17 bits per heavy atom. The molecule has 0 saturated carbocycles. The number of carbonyl (C=O) groups excluding carboxylic acids is 1. The van der Waals surface area contributed by atoms with Crippen molar-refractivity contribution in [2.75, 3.05) is 0 Å². The predicted molar refractivity (Wildman–Crippen MR) is 90.4 cm³/mol. The van der Waals surface area contributed by atoms with Gasteiger partial charge in [0.2, 0.25) is 0 Å². The standard InChI is InChI=1S/C18H19N5O/c1-23-17-9-5-8-14(13(17)11-19-23)20-18(24)16-10-15(21-22-16)12-6-3-2-4-7-12/h2-4,6-7,10-11,14H,5,8-9H2,1H3,(H,20,24)(H,21,22). The summed E-state index contributed by atoms with van der Waals surface area (Å²) in [4.78, 5) is 12.6. The van der Waals surface area contributed by atoms with Crippen LogP contribution in [0, 0.1) is 0 Å². The molecule has 1 aliphatic carbocycles. The first kappa shape index (κ1) is 14.7. The molecule has 122 valence electrons. The van der Waals surface area contributed by atoms with Crippen LogP contribution in [-0.2, 0) is 13.5 Å². The summed E-state index contributed by atoms with van der Waals surface area (Å²) in [7, 11) is 1.95. The molecule has 1 atom stereocenters. The zero-order chi connectivity index (χ0) is 16.5. The van der Waals surface area contributed by atoms with Gasteiger partial charge in [0.25, 0.3) is 5.91 Å². The first-order valence-electron chi connectivity index (χ1n) is 8.15. The van der Waals surface area contributed by atoms with Gasteiger partial charge >= 0.3 is 0 Å². The molecule has 24 heavy (non-hydrogen) atoms. The number of H-pyrrole nitrogens is 1. The fourth-order valence-electron chi connectivity index (χ4n) is 3.29. The van der Waals surface area contributed by atoms with E-state index in [1.165, 1.54) is 5.69 Å². The highest BCUT2D eigenvalue weighted by molar-refractivity contribution is 5.93. The number of benzene rings is 1. The van der Waals surface area contributed by atoms with E-state index in [0.29, 0.717) is 5.69 Å². The van der Waals surface area contributed by atoms with Gasteiger partial charge in [-0.3, -0.25) is 14.6 Å². The highest BCUT2D eigenvalue weighted by atomic mass is 16.2. The Morgan fingerprint density at radius 1 is 1.33 bits per heavy atom. The molecule has 1 aliphatic rings. The van der Waals surface area contributed by atoms with Crippen molar-refractivity contribution in [1.82, 2.24) is 25.3 Å². The Labute approximate surface area is 139 Å². The monoisotopic (exact) mass is 321 g/mol. The summed E-state index contributed by atoms with van der Waals surface area (Å²) >= 11 is 0. The molecule has 6 nitrogen and oxygen atoms in total. The molecule has 1 amide bonds. The van der Waals surface area contributed by atoms with E-state index in [1.54, 1.807) is 6.07 Å². The number of amides is 1. The van der Waals surface area contributed by atoms with Gasteiger partial charge < -0.3 is 5.32 Å². The molecular formula is C18H19N5O. The Kier molecular flexibility index (Phi) is 3.65. The van der Waals surface area contributed by atoms with Crippen LogP contribution >= 0.6 is 0 Å². The number of aromatic nitrogens is 4. The Balaban J connectivity index is 1.53. The smallest absolute Gasteiger partial charge is 0.269 e. The third-order valence-corrected chi connectivity index (χ3v) is 4.57. The molecule has 0 aliphatic heterocycles. The lowest BCUT2D eigenvalue weighted by molar-refractivity contribution is 0.0927. The number of aromatic amines is 1. The summed E-state index contributed by atoms with van der Waals surface area (Å²) in [5, 5.41) is 14.5. The van der Waals surface area contributed by atoms with E-state index in [4.69, 9.17) is 0 Å². The van der Waals surface area contributed by atoms with E-state index < -0.39 is 0 Å². The van der Waals surface area contributed by atoms with Crippen LogP contribution in [0.5, 0.6) is 0 Å². The van der Waals surface area contributed by atoms with Crippen LogP contribution in [0.1, 0.15) is 40.6 Å². The molecule has 2 N–H and O–H groups in total. The molecule has 0 radical (unpaired) electrons. The van der Waals surface area contributed by atoms with Gasteiger partial charge in [-0.15, -0.1) is 0 Å². The molecule has 0 saturated heterocycles. The molecule has 1 unspecified atom stereocenters. The minimum absolute atomic E-state index is 0.0124. The molecular weight excluding hydrogens is 302 g/mol. The molecule has 6 heteroatoms. The van der Waals surface area contributed by atoms with Gasteiger partial charge in [-0.1, -0.05) is 30.3 Å². The lowest BCUT2D eigenvalue weighted by atomic mass is 9.93. The van der Waals surface area contributed by atoms with Gasteiger partial charge in [0.1, 0.15) is 5.69 Å². The number of hydrogen-bond acceptors (Lipinski definition) is 3. The van der Waals surface area contributed by atoms with E-state index in [0.717, 1.165) is 36.1 Å². The van der Waals surface area contributed by atoms with Crippen molar-refractivity contribution >= 4 is 5.91 Å². The number of fused-ring (bicyclic) bond motifs is 1. The van der Waals surface area contributed by atoms with E-state index >= 15 is 0 Å². The molecule has 2 heterocycles. The van der Waals surface area contributed by atoms with Crippen molar-refractivity contribution in [3.05, 3.63) is 59.5 Å². The Morgan fingerprint density at radius 3 is 3.00 bits per heavy atom. The number of hydrogen-bond donors (Lipinski definition) is 2. The highest BCUT2D eigenvalue weighted by Crippen LogP contribution is 2.29. The average molecular weight is 321 g/mol. The molecule has 2 aromatic heterocycles. The molecule has 3 aromatic rings. The van der Waals surface area contributed by atoms with Crippen LogP contribution in [0.2, 0.25) is 0 Å². The maximum atomic E-state index is 12.6. The van der Waals surface area contributed by atoms with Crippen molar-refractivity contribution in [2.45, 2.75) is 25.3 Å². The topological polar surface area (TPSA) is 75.6 Å². The Hall–Kier alpha value is -2.89. The van der Waals surface area contributed by atoms with Crippen molar-refractivity contribution in [3.63, 3.8) is 0 Å². The summed E-state index contributed by atoms with van der Waals surface area (Å²) in [6, 6.07) is 11.6. The summed E-state index contributed by atoms with van der Waals surface area (Å²) in [5.74, 6) is -0.133. The number of rotatable bonds is 3. The molecule has 0 spiro atoms. The zero-order valence-corrected chi connectivity index (χ0v) is 13.5. The maximum absolute atomic E-state index is 12.6. The van der Waals surface area contributed by atoms with Crippen LogP contribution in [0.4, 0.5) is 0 Å². The number of nitrogens with zero attached hydrogens (tertiary/aromatic N) is 3. The second-order valence-corrected chi connectivity index (χ2v) is 6.12. The second-order valence-electron chi connectivity index (χ2n) is 6.12. The molecule has 1 aromatic carbocycles. The van der Waals surface area contributed by atoms with Crippen molar-refractivity contribution < 1.29 is 4.79 Å². The van der Waals surface area contributed by atoms with Crippen LogP contribution < -0.4 is 5.32 Å². The lowest BCUT2D eigenvalue weighted by Crippen LogP contribution is -2.31. The predicted octanol–water partition coefficient (Wildman–Crippen LogP) is 2.62. The van der Waals surface area contributed by atoms with E-state index in [9.17, 15) is 4.79 Å². The molecule has 0 bridgehead atoms.